The average Bonchev–Trinajstić information content (AvgIpc) is 3.33. The molecule has 1 N–H and O–H groups in total. The molecule has 0 saturated heterocycles. The molecular formula is C22H22O4S. The van der Waals surface area contributed by atoms with Crippen molar-refractivity contribution in [1.29, 1.82) is 0 Å². The molecule has 2 atom stereocenters. The lowest BCUT2D eigenvalue weighted by molar-refractivity contribution is 0.0697. The highest BCUT2D eigenvalue weighted by Gasteiger charge is 2.44. The van der Waals surface area contributed by atoms with Gasteiger partial charge in [0.2, 0.25) is 0 Å². The molecule has 2 unspecified atom stereocenters. The van der Waals surface area contributed by atoms with E-state index in [1.807, 2.05) is 11.3 Å². The predicted octanol–water partition coefficient (Wildman–Crippen LogP) is 5.47. The van der Waals surface area contributed by atoms with Crippen molar-refractivity contribution in [2.75, 3.05) is 0 Å². The number of hydrogen-bond acceptors (Lipinski definition) is 4. The van der Waals surface area contributed by atoms with Crippen molar-refractivity contribution in [2.45, 2.75) is 51.4 Å². The van der Waals surface area contributed by atoms with Crippen molar-refractivity contribution in [3.63, 3.8) is 0 Å². The van der Waals surface area contributed by atoms with Crippen LogP contribution in [0.15, 0.2) is 39.5 Å². The molecule has 0 spiro atoms. The molecule has 3 aromatic rings. The Kier molecular flexibility index (Phi) is 4.64. The highest BCUT2D eigenvalue weighted by atomic mass is 32.1. The summed E-state index contributed by atoms with van der Waals surface area (Å²) in [5, 5.41) is 9.60. The molecule has 0 aliphatic heterocycles. The molecule has 1 aliphatic carbocycles. The molecule has 5 heteroatoms. The lowest BCUT2D eigenvalue weighted by atomic mass is 10.0. The van der Waals surface area contributed by atoms with Crippen LogP contribution in [-0.2, 0) is 6.42 Å². The molecule has 1 aromatic carbocycles. The van der Waals surface area contributed by atoms with Crippen LogP contribution in [0.2, 0.25) is 0 Å². The second-order valence-corrected chi connectivity index (χ2v) is 8.61. The highest BCUT2D eigenvalue weighted by molar-refractivity contribution is 7.12. The van der Waals surface area contributed by atoms with E-state index in [2.05, 4.69) is 26.0 Å². The number of hydrogen-bond donors (Lipinski definition) is 1. The number of fused-ring (bicyclic) bond motifs is 1. The molecule has 0 bridgehead atoms. The van der Waals surface area contributed by atoms with Crippen LogP contribution in [0.4, 0.5) is 0 Å². The lowest BCUT2D eigenvalue weighted by Crippen LogP contribution is -2.13. The third kappa shape index (κ3) is 3.32. The highest BCUT2D eigenvalue weighted by Crippen LogP contribution is 2.57. The minimum absolute atomic E-state index is 0.0733. The van der Waals surface area contributed by atoms with E-state index < -0.39 is 5.97 Å². The van der Waals surface area contributed by atoms with Gasteiger partial charge in [0.1, 0.15) is 11.3 Å². The Hall–Kier alpha value is -2.40. The topological polar surface area (TPSA) is 67.5 Å². The number of carboxylic acids is 1. The Morgan fingerprint density at radius 2 is 2.07 bits per heavy atom. The molecule has 0 radical (unpaired) electrons. The summed E-state index contributed by atoms with van der Waals surface area (Å²) < 4.78 is 6.20. The maximum Gasteiger partial charge on any atom is 0.335 e. The fourth-order valence-electron chi connectivity index (χ4n) is 3.73. The summed E-state index contributed by atoms with van der Waals surface area (Å²) in [5.74, 6) is 0.431. The second-order valence-electron chi connectivity index (χ2n) is 7.29. The number of aromatic carboxylic acids is 1. The SMILES string of the molecule is CCCCc1c(C2CC2c2ccc(C)s2)oc2ccc(C(=O)O)cc2c1=O. The number of benzene rings is 1. The summed E-state index contributed by atoms with van der Waals surface area (Å²) in [5.41, 5.74) is 1.25. The van der Waals surface area contributed by atoms with Crippen LogP contribution in [-0.4, -0.2) is 11.1 Å². The van der Waals surface area contributed by atoms with Gasteiger partial charge in [-0.1, -0.05) is 13.3 Å². The smallest absolute Gasteiger partial charge is 0.335 e. The Labute approximate surface area is 161 Å². The standard InChI is InChI=1S/C22H22O4S/c1-3-4-5-14-20(23)17-10-13(22(24)25)7-8-18(17)26-21(14)16-11-15(16)19-9-6-12(2)27-19/h6-10,15-16H,3-5,11H2,1-2H3,(H,24,25). The Bertz CT molecular complexity index is 1080. The molecule has 1 aliphatic rings. The molecule has 4 rings (SSSR count). The van der Waals surface area contributed by atoms with Crippen LogP contribution in [0.5, 0.6) is 0 Å². The van der Waals surface area contributed by atoms with Gasteiger partial charge in [0.15, 0.2) is 5.43 Å². The first-order chi connectivity index (χ1) is 13.0. The summed E-state index contributed by atoms with van der Waals surface area (Å²) in [6, 6.07) is 8.86. The van der Waals surface area contributed by atoms with Gasteiger partial charge in [-0.25, -0.2) is 4.79 Å². The van der Waals surface area contributed by atoms with Crippen molar-refractivity contribution in [3.05, 3.63) is 67.2 Å². The van der Waals surface area contributed by atoms with Crippen molar-refractivity contribution in [3.8, 4) is 0 Å². The van der Waals surface area contributed by atoms with E-state index in [-0.39, 0.29) is 16.9 Å². The third-order valence-corrected chi connectivity index (χ3v) is 6.43. The van der Waals surface area contributed by atoms with Crippen LogP contribution in [0.1, 0.15) is 69.5 Å². The molecule has 140 valence electrons. The second kappa shape index (κ2) is 6.97. The molecular weight excluding hydrogens is 360 g/mol. The van der Waals surface area contributed by atoms with Crippen LogP contribution in [0.25, 0.3) is 11.0 Å². The van der Waals surface area contributed by atoms with Crippen LogP contribution < -0.4 is 5.43 Å². The van der Waals surface area contributed by atoms with Gasteiger partial charge >= 0.3 is 5.97 Å². The summed E-state index contributed by atoms with van der Waals surface area (Å²) in [6.45, 7) is 4.20. The monoisotopic (exact) mass is 382 g/mol. The number of rotatable bonds is 6. The zero-order valence-electron chi connectivity index (χ0n) is 15.5. The average molecular weight is 382 g/mol. The van der Waals surface area contributed by atoms with Gasteiger partial charge in [0, 0.05) is 27.2 Å². The molecule has 1 fully saturated rings. The first-order valence-corrected chi connectivity index (χ1v) is 10.2. The fourth-order valence-corrected chi connectivity index (χ4v) is 4.78. The summed E-state index contributed by atoms with van der Waals surface area (Å²) in [6.07, 6.45) is 3.58. The minimum atomic E-state index is -1.04. The largest absolute Gasteiger partial charge is 0.478 e. The van der Waals surface area contributed by atoms with E-state index in [0.29, 0.717) is 23.3 Å². The van der Waals surface area contributed by atoms with Crippen LogP contribution in [0, 0.1) is 6.92 Å². The molecule has 2 aromatic heterocycles. The third-order valence-electron chi connectivity index (χ3n) is 5.30. The summed E-state index contributed by atoms with van der Waals surface area (Å²) in [4.78, 5) is 27.1. The quantitative estimate of drug-likeness (QED) is 0.613. The van der Waals surface area contributed by atoms with E-state index in [1.54, 1.807) is 6.07 Å². The van der Waals surface area contributed by atoms with Crippen LogP contribution in [0.3, 0.4) is 0 Å². The minimum Gasteiger partial charge on any atom is -0.478 e. The van der Waals surface area contributed by atoms with Crippen LogP contribution >= 0.6 is 11.3 Å². The molecule has 1 saturated carbocycles. The number of aryl methyl sites for hydroxylation is 1. The van der Waals surface area contributed by atoms with E-state index in [4.69, 9.17) is 4.42 Å². The van der Waals surface area contributed by atoms with Crippen molar-refractivity contribution in [2.24, 2.45) is 0 Å². The van der Waals surface area contributed by atoms with Gasteiger partial charge in [-0.05, 0) is 56.5 Å². The maximum atomic E-state index is 13.2. The number of carboxylic acid groups (broad SMARTS) is 1. The van der Waals surface area contributed by atoms with Gasteiger partial charge in [-0.2, -0.15) is 0 Å². The predicted molar refractivity (Wildman–Crippen MR) is 107 cm³/mol. The van der Waals surface area contributed by atoms with E-state index >= 15 is 0 Å². The van der Waals surface area contributed by atoms with Gasteiger partial charge in [0.25, 0.3) is 0 Å². The fraction of sp³-hybridized carbons (Fsp3) is 0.364. The number of carbonyl (C=O) groups is 1. The van der Waals surface area contributed by atoms with E-state index in [1.165, 1.54) is 21.9 Å². The number of thiophene rings is 1. The lowest BCUT2D eigenvalue weighted by Gasteiger charge is -2.10. The Morgan fingerprint density at radius 1 is 1.26 bits per heavy atom. The van der Waals surface area contributed by atoms with Gasteiger partial charge in [0.05, 0.1) is 10.9 Å². The van der Waals surface area contributed by atoms with Gasteiger partial charge in [-0.3, -0.25) is 4.79 Å². The molecule has 4 nitrogen and oxygen atoms in total. The zero-order chi connectivity index (χ0) is 19.1. The molecule has 0 amide bonds. The normalized spacial score (nSPS) is 18.7. The molecule has 2 heterocycles. The zero-order valence-corrected chi connectivity index (χ0v) is 16.3. The molecule has 27 heavy (non-hydrogen) atoms. The first kappa shape index (κ1) is 18.0. The van der Waals surface area contributed by atoms with Gasteiger partial charge in [-0.15, -0.1) is 11.3 Å². The Balaban J connectivity index is 1.80. The van der Waals surface area contributed by atoms with E-state index in [0.717, 1.165) is 30.6 Å². The first-order valence-electron chi connectivity index (χ1n) is 9.38. The number of unbranched alkanes of at least 4 members (excludes halogenated alkanes) is 1. The summed E-state index contributed by atoms with van der Waals surface area (Å²) >= 11 is 1.81. The van der Waals surface area contributed by atoms with Crippen molar-refractivity contribution >= 4 is 28.3 Å². The summed E-state index contributed by atoms with van der Waals surface area (Å²) in [7, 11) is 0. The Morgan fingerprint density at radius 3 is 2.74 bits per heavy atom. The van der Waals surface area contributed by atoms with E-state index in [9.17, 15) is 14.7 Å². The van der Waals surface area contributed by atoms with Gasteiger partial charge < -0.3 is 9.52 Å². The van der Waals surface area contributed by atoms with Crippen molar-refractivity contribution < 1.29 is 14.3 Å². The van der Waals surface area contributed by atoms with Crippen molar-refractivity contribution in [1.82, 2.24) is 0 Å². The maximum absolute atomic E-state index is 13.2.